The number of aliphatic carboxylic acids is 1. The van der Waals surface area contributed by atoms with Crippen LogP contribution in [0.3, 0.4) is 0 Å². The number of carbonyl (C=O) groups is 1. The molecule has 116 valence electrons. The summed E-state index contributed by atoms with van der Waals surface area (Å²) in [4.78, 5) is 13.0. The van der Waals surface area contributed by atoms with Crippen LogP contribution >= 0.6 is 11.6 Å². The minimum Gasteiger partial charge on any atom is -0.480 e. The zero-order chi connectivity index (χ0) is 16.1. The molecule has 0 fully saturated rings. The maximum atomic E-state index is 11.4. The Labute approximate surface area is 134 Å². The largest absolute Gasteiger partial charge is 0.480 e. The van der Waals surface area contributed by atoms with E-state index in [4.69, 9.17) is 16.3 Å². The summed E-state index contributed by atoms with van der Waals surface area (Å²) in [6.45, 7) is 0. The Kier molecular flexibility index (Phi) is 5.41. The highest BCUT2D eigenvalue weighted by Crippen LogP contribution is 2.29. The van der Waals surface area contributed by atoms with Crippen LogP contribution < -0.4 is 4.74 Å². The number of hydrogen-bond donors (Lipinski definition) is 1. The van der Waals surface area contributed by atoms with Gasteiger partial charge >= 0.3 is 5.97 Å². The molecule has 0 unspecified atom stereocenters. The number of likely N-dealkylation sites (N-methyl/N-ethyl adjacent to an activating group) is 1. The second-order valence-corrected chi connectivity index (χ2v) is 5.63. The molecule has 22 heavy (non-hydrogen) atoms. The molecule has 0 aliphatic rings. The van der Waals surface area contributed by atoms with E-state index in [9.17, 15) is 9.90 Å². The maximum absolute atomic E-state index is 11.4. The third-order valence-electron chi connectivity index (χ3n) is 3.32. The van der Waals surface area contributed by atoms with E-state index < -0.39 is 12.0 Å². The normalized spacial score (nSPS) is 12.2. The second-order valence-electron chi connectivity index (χ2n) is 5.19. The van der Waals surface area contributed by atoms with Gasteiger partial charge in [0, 0.05) is 11.4 Å². The first-order valence-corrected chi connectivity index (χ1v) is 7.25. The van der Waals surface area contributed by atoms with Crippen molar-refractivity contribution in [3.8, 4) is 11.5 Å². The molecule has 5 heteroatoms. The van der Waals surface area contributed by atoms with Gasteiger partial charge in [0.25, 0.3) is 0 Å². The van der Waals surface area contributed by atoms with Crippen LogP contribution in [0.2, 0.25) is 5.02 Å². The number of carboxylic acid groups (broad SMARTS) is 1. The summed E-state index contributed by atoms with van der Waals surface area (Å²) in [6, 6.07) is 14.0. The molecule has 0 amide bonds. The predicted octanol–water partition coefficient (Wildman–Crippen LogP) is 3.69. The van der Waals surface area contributed by atoms with Crippen molar-refractivity contribution in [2.24, 2.45) is 0 Å². The zero-order valence-corrected chi connectivity index (χ0v) is 13.2. The summed E-state index contributed by atoms with van der Waals surface area (Å²) in [5.74, 6) is 0.433. The molecular formula is C17H18ClNO3. The topological polar surface area (TPSA) is 49.8 Å². The third kappa shape index (κ3) is 4.23. The number of halogens is 1. The van der Waals surface area contributed by atoms with Crippen molar-refractivity contribution in [3.05, 3.63) is 59.1 Å². The Bertz CT molecular complexity index is 644. The number of hydrogen-bond acceptors (Lipinski definition) is 3. The molecule has 2 aromatic rings. The molecule has 0 radical (unpaired) electrons. The SMILES string of the molecule is CN(C)[C@H](Cc1cc(Cl)ccc1Oc1ccccc1)C(=O)O. The number of carboxylic acids is 1. The number of ether oxygens (including phenoxy) is 1. The molecule has 0 heterocycles. The van der Waals surface area contributed by atoms with Crippen molar-refractivity contribution in [2.45, 2.75) is 12.5 Å². The molecule has 0 aliphatic heterocycles. The third-order valence-corrected chi connectivity index (χ3v) is 3.55. The first-order valence-electron chi connectivity index (χ1n) is 6.88. The van der Waals surface area contributed by atoms with Gasteiger partial charge in [0.1, 0.15) is 17.5 Å². The lowest BCUT2D eigenvalue weighted by molar-refractivity contribution is -0.142. The molecule has 0 aliphatic carbocycles. The second kappa shape index (κ2) is 7.29. The lowest BCUT2D eigenvalue weighted by Gasteiger charge is -2.21. The van der Waals surface area contributed by atoms with E-state index in [2.05, 4.69) is 0 Å². The van der Waals surface area contributed by atoms with Gasteiger partial charge in [0.2, 0.25) is 0 Å². The Balaban J connectivity index is 2.29. The summed E-state index contributed by atoms with van der Waals surface area (Å²) >= 11 is 6.05. The van der Waals surface area contributed by atoms with Gasteiger partial charge in [-0.3, -0.25) is 9.69 Å². The van der Waals surface area contributed by atoms with Gasteiger partial charge in [0.15, 0.2) is 0 Å². The van der Waals surface area contributed by atoms with E-state index in [1.807, 2.05) is 30.3 Å². The minimum atomic E-state index is -0.879. The van der Waals surface area contributed by atoms with E-state index in [0.29, 0.717) is 22.9 Å². The monoisotopic (exact) mass is 319 g/mol. The van der Waals surface area contributed by atoms with Gasteiger partial charge < -0.3 is 9.84 Å². The Morgan fingerprint density at radius 3 is 2.50 bits per heavy atom. The van der Waals surface area contributed by atoms with Crippen LogP contribution in [-0.2, 0) is 11.2 Å². The molecule has 0 bridgehead atoms. The van der Waals surface area contributed by atoms with Gasteiger partial charge in [-0.1, -0.05) is 29.8 Å². The van der Waals surface area contributed by atoms with E-state index in [1.165, 1.54) is 0 Å². The number of para-hydroxylation sites is 1. The molecular weight excluding hydrogens is 302 g/mol. The fourth-order valence-corrected chi connectivity index (χ4v) is 2.32. The summed E-state index contributed by atoms with van der Waals surface area (Å²) in [6.07, 6.45) is 0.311. The molecule has 1 N–H and O–H groups in total. The van der Waals surface area contributed by atoms with Crippen LogP contribution in [0.25, 0.3) is 0 Å². The maximum Gasteiger partial charge on any atom is 0.321 e. The summed E-state index contributed by atoms with van der Waals surface area (Å²) < 4.78 is 5.85. The summed E-state index contributed by atoms with van der Waals surface area (Å²) in [5.41, 5.74) is 0.762. The van der Waals surface area contributed by atoms with Crippen molar-refractivity contribution >= 4 is 17.6 Å². The van der Waals surface area contributed by atoms with Crippen molar-refractivity contribution in [1.29, 1.82) is 0 Å². The van der Waals surface area contributed by atoms with Gasteiger partial charge in [-0.05, 0) is 50.0 Å². The number of benzene rings is 2. The Morgan fingerprint density at radius 2 is 1.91 bits per heavy atom. The molecule has 0 saturated heterocycles. The summed E-state index contributed by atoms with van der Waals surface area (Å²) in [5, 5.41) is 9.89. The van der Waals surface area contributed by atoms with E-state index in [0.717, 1.165) is 5.56 Å². The highest BCUT2D eigenvalue weighted by Gasteiger charge is 2.22. The zero-order valence-electron chi connectivity index (χ0n) is 12.5. The number of nitrogens with zero attached hydrogens (tertiary/aromatic N) is 1. The first-order chi connectivity index (χ1) is 10.5. The molecule has 2 rings (SSSR count). The average molecular weight is 320 g/mol. The highest BCUT2D eigenvalue weighted by molar-refractivity contribution is 6.30. The fraction of sp³-hybridized carbons (Fsp3) is 0.235. The van der Waals surface area contributed by atoms with Crippen LogP contribution in [0.5, 0.6) is 11.5 Å². The molecule has 0 saturated carbocycles. The van der Waals surface area contributed by atoms with Crippen LogP contribution in [0.15, 0.2) is 48.5 Å². The van der Waals surface area contributed by atoms with Crippen molar-refractivity contribution in [2.75, 3.05) is 14.1 Å². The fourth-order valence-electron chi connectivity index (χ4n) is 2.12. The van der Waals surface area contributed by atoms with E-state index >= 15 is 0 Å². The van der Waals surface area contributed by atoms with Crippen molar-refractivity contribution in [3.63, 3.8) is 0 Å². The molecule has 2 aromatic carbocycles. The average Bonchev–Trinajstić information content (AvgIpc) is 2.47. The Morgan fingerprint density at radius 1 is 1.23 bits per heavy atom. The van der Waals surface area contributed by atoms with E-state index in [-0.39, 0.29) is 0 Å². The van der Waals surface area contributed by atoms with Crippen LogP contribution in [0, 0.1) is 0 Å². The standard InChI is InChI=1S/C17H18ClNO3/c1-19(2)15(17(20)21)11-12-10-13(18)8-9-16(12)22-14-6-4-3-5-7-14/h3-10,15H,11H2,1-2H3,(H,20,21)/t15-/m1/s1. The van der Waals surface area contributed by atoms with Crippen molar-refractivity contribution in [1.82, 2.24) is 4.90 Å². The molecule has 0 aromatic heterocycles. The van der Waals surface area contributed by atoms with Crippen LogP contribution in [0.1, 0.15) is 5.56 Å². The Hall–Kier alpha value is -2.04. The lowest BCUT2D eigenvalue weighted by atomic mass is 10.0. The molecule has 4 nitrogen and oxygen atoms in total. The van der Waals surface area contributed by atoms with Crippen molar-refractivity contribution < 1.29 is 14.6 Å². The first kappa shape index (κ1) is 16.3. The number of rotatable bonds is 6. The minimum absolute atomic E-state index is 0.311. The van der Waals surface area contributed by atoms with Gasteiger partial charge in [-0.25, -0.2) is 0 Å². The summed E-state index contributed by atoms with van der Waals surface area (Å²) in [7, 11) is 3.47. The predicted molar refractivity (Wildman–Crippen MR) is 86.8 cm³/mol. The van der Waals surface area contributed by atoms with Gasteiger partial charge in [0.05, 0.1) is 0 Å². The van der Waals surface area contributed by atoms with Crippen LogP contribution in [-0.4, -0.2) is 36.1 Å². The van der Waals surface area contributed by atoms with Crippen LogP contribution in [0.4, 0.5) is 0 Å². The van der Waals surface area contributed by atoms with Gasteiger partial charge in [-0.2, -0.15) is 0 Å². The lowest BCUT2D eigenvalue weighted by Crippen LogP contribution is -2.37. The highest BCUT2D eigenvalue weighted by atomic mass is 35.5. The smallest absolute Gasteiger partial charge is 0.321 e. The molecule has 1 atom stereocenters. The molecule has 0 spiro atoms. The van der Waals surface area contributed by atoms with E-state index in [1.54, 1.807) is 37.2 Å². The van der Waals surface area contributed by atoms with Gasteiger partial charge in [-0.15, -0.1) is 0 Å². The quantitative estimate of drug-likeness (QED) is 0.882.